The molecule has 1 aromatic rings. The van der Waals surface area contributed by atoms with E-state index in [0.29, 0.717) is 6.04 Å². The van der Waals surface area contributed by atoms with Crippen molar-refractivity contribution in [1.82, 2.24) is 15.5 Å². The minimum Gasteiger partial charge on any atom is -0.468 e. The van der Waals surface area contributed by atoms with Crippen molar-refractivity contribution < 1.29 is 4.42 Å². The normalized spacial score (nSPS) is 19.1. The third-order valence-electron chi connectivity index (χ3n) is 4.22. The maximum absolute atomic E-state index is 5.65. The highest BCUT2D eigenvalue weighted by Crippen LogP contribution is 2.25. The molecule has 5 heteroatoms. The van der Waals surface area contributed by atoms with Gasteiger partial charge in [0.15, 0.2) is 5.96 Å². The molecule has 2 atom stereocenters. The van der Waals surface area contributed by atoms with Gasteiger partial charge >= 0.3 is 0 Å². The summed E-state index contributed by atoms with van der Waals surface area (Å²) in [7, 11) is 0. The first kappa shape index (κ1) is 16.9. The predicted molar refractivity (Wildman–Crippen MR) is 91.1 cm³/mol. The summed E-state index contributed by atoms with van der Waals surface area (Å²) in [4.78, 5) is 7.28. The second-order valence-electron chi connectivity index (χ2n) is 5.95. The van der Waals surface area contributed by atoms with Gasteiger partial charge in [0.25, 0.3) is 0 Å². The van der Waals surface area contributed by atoms with Gasteiger partial charge in [0, 0.05) is 12.6 Å². The Kier molecular flexibility index (Phi) is 6.77. The summed E-state index contributed by atoms with van der Waals surface area (Å²) in [5.41, 5.74) is 0. The molecule has 1 fully saturated rings. The van der Waals surface area contributed by atoms with Gasteiger partial charge in [-0.25, -0.2) is 0 Å². The number of aliphatic imine (C=N–C) groups is 1. The van der Waals surface area contributed by atoms with Crippen LogP contribution in [0.15, 0.2) is 27.8 Å². The molecule has 0 aliphatic carbocycles. The highest BCUT2D eigenvalue weighted by molar-refractivity contribution is 5.80. The number of nitrogens with zero attached hydrogens (tertiary/aromatic N) is 2. The Hall–Kier alpha value is -1.49. The van der Waals surface area contributed by atoms with Crippen LogP contribution in [0, 0.1) is 0 Å². The Morgan fingerprint density at radius 2 is 2.14 bits per heavy atom. The van der Waals surface area contributed by atoms with E-state index < -0.39 is 0 Å². The van der Waals surface area contributed by atoms with Gasteiger partial charge in [0.05, 0.1) is 18.8 Å². The first-order valence-corrected chi connectivity index (χ1v) is 8.56. The molecule has 124 valence electrons. The Morgan fingerprint density at radius 1 is 1.36 bits per heavy atom. The zero-order valence-corrected chi connectivity index (χ0v) is 14.1. The van der Waals surface area contributed by atoms with Crippen molar-refractivity contribution in [3.8, 4) is 0 Å². The summed E-state index contributed by atoms with van der Waals surface area (Å²) in [5.74, 6) is 1.91. The van der Waals surface area contributed by atoms with Gasteiger partial charge in [-0.2, -0.15) is 0 Å². The Morgan fingerprint density at radius 3 is 2.73 bits per heavy atom. The molecule has 0 amide bonds. The zero-order valence-electron chi connectivity index (χ0n) is 14.1. The molecule has 2 rings (SSSR count). The van der Waals surface area contributed by atoms with E-state index in [2.05, 4.69) is 42.4 Å². The monoisotopic (exact) mass is 306 g/mol. The van der Waals surface area contributed by atoms with E-state index in [-0.39, 0.29) is 6.04 Å². The molecule has 1 saturated heterocycles. The lowest BCUT2D eigenvalue weighted by atomic mass is 10.2. The number of hydrogen-bond donors (Lipinski definition) is 2. The van der Waals surface area contributed by atoms with Crippen molar-refractivity contribution in [2.75, 3.05) is 26.2 Å². The molecule has 2 N–H and O–H groups in total. The molecule has 0 saturated carbocycles. The number of guanidine groups is 1. The summed E-state index contributed by atoms with van der Waals surface area (Å²) in [5, 5.41) is 6.78. The Bertz CT molecular complexity index is 438. The molecular weight excluding hydrogens is 276 g/mol. The summed E-state index contributed by atoms with van der Waals surface area (Å²) in [6.45, 7) is 10.3. The standard InChI is InChI=1S/C17H30N4O/c1-4-14(3)20-17(18-5-2)19-13-15(16-9-8-12-22-16)21-10-6-7-11-21/h8-9,12,14-15H,4-7,10-11,13H2,1-3H3,(H2,18,19,20). The van der Waals surface area contributed by atoms with E-state index in [1.165, 1.54) is 12.8 Å². The van der Waals surface area contributed by atoms with Crippen LogP contribution in [0.3, 0.4) is 0 Å². The van der Waals surface area contributed by atoms with Crippen LogP contribution >= 0.6 is 0 Å². The molecule has 5 nitrogen and oxygen atoms in total. The van der Waals surface area contributed by atoms with E-state index >= 15 is 0 Å². The van der Waals surface area contributed by atoms with Gasteiger partial charge in [-0.05, 0) is 58.3 Å². The number of furan rings is 1. The lowest BCUT2D eigenvalue weighted by molar-refractivity contribution is 0.221. The van der Waals surface area contributed by atoms with Crippen molar-refractivity contribution in [3.05, 3.63) is 24.2 Å². The van der Waals surface area contributed by atoms with Crippen molar-refractivity contribution >= 4 is 5.96 Å². The average Bonchev–Trinajstić information content (AvgIpc) is 3.21. The summed E-state index contributed by atoms with van der Waals surface area (Å²) in [6.07, 6.45) is 5.38. The molecule has 1 aliphatic heterocycles. The maximum Gasteiger partial charge on any atom is 0.191 e. The van der Waals surface area contributed by atoms with Gasteiger partial charge in [-0.3, -0.25) is 9.89 Å². The van der Waals surface area contributed by atoms with Crippen molar-refractivity contribution in [3.63, 3.8) is 0 Å². The fourth-order valence-electron chi connectivity index (χ4n) is 2.75. The third-order valence-corrected chi connectivity index (χ3v) is 4.22. The predicted octanol–water partition coefficient (Wildman–Crippen LogP) is 2.77. The second-order valence-corrected chi connectivity index (χ2v) is 5.95. The molecule has 0 spiro atoms. The first-order valence-electron chi connectivity index (χ1n) is 8.56. The molecule has 2 heterocycles. The Balaban J connectivity index is 2.05. The lowest BCUT2D eigenvalue weighted by Gasteiger charge is -2.25. The van der Waals surface area contributed by atoms with Crippen LogP contribution in [0.25, 0.3) is 0 Å². The van der Waals surface area contributed by atoms with Crippen molar-refractivity contribution in [2.45, 2.75) is 52.1 Å². The fraction of sp³-hybridized carbons (Fsp3) is 0.706. The van der Waals surface area contributed by atoms with Crippen LogP contribution in [0.2, 0.25) is 0 Å². The van der Waals surface area contributed by atoms with Crippen molar-refractivity contribution in [2.24, 2.45) is 4.99 Å². The van der Waals surface area contributed by atoms with Crippen molar-refractivity contribution in [1.29, 1.82) is 0 Å². The highest BCUT2D eigenvalue weighted by atomic mass is 16.3. The zero-order chi connectivity index (χ0) is 15.8. The van der Waals surface area contributed by atoms with Gasteiger partial charge in [-0.15, -0.1) is 0 Å². The minimum atomic E-state index is 0.241. The highest BCUT2D eigenvalue weighted by Gasteiger charge is 2.25. The second kappa shape index (κ2) is 8.83. The largest absolute Gasteiger partial charge is 0.468 e. The van der Waals surface area contributed by atoms with Crippen LogP contribution in [0.5, 0.6) is 0 Å². The van der Waals surface area contributed by atoms with Crippen LogP contribution in [0.1, 0.15) is 51.8 Å². The quantitative estimate of drug-likeness (QED) is 0.601. The molecular formula is C17H30N4O. The van der Waals surface area contributed by atoms with Crippen LogP contribution < -0.4 is 10.6 Å². The molecule has 2 unspecified atom stereocenters. The summed E-state index contributed by atoms with van der Waals surface area (Å²) >= 11 is 0. The average molecular weight is 306 g/mol. The third kappa shape index (κ3) is 4.77. The SMILES string of the molecule is CCNC(=NCC(c1ccco1)N1CCCC1)NC(C)CC. The molecule has 0 aromatic carbocycles. The van der Waals surface area contributed by atoms with E-state index in [9.17, 15) is 0 Å². The number of hydrogen-bond acceptors (Lipinski definition) is 3. The Labute approximate surface area is 134 Å². The molecule has 22 heavy (non-hydrogen) atoms. The van der Waals surface area contributed by atoms with Crippen LogP contribution in [0.4, 0.5) is 0 Å². The smallest absolute Gasteiger partial charge is 0.191 e. The maximum atomic E-state index is 5.65. The summed E-state index contributed by atoms with van der Waals surface area (Å²) in [6, 6.07) is 4.69. The van der Waals surface area contributed by atoms with Gasteiger partial charge in [-0.1, -0.05) is 6.92 Å². The van der Waals surface area contributed by atoms with E-state index in [0.717, 1.165) is 44.3 Å². The van der Waals surface area contributed by atoms with E-state index in [4.69, 9.17) is 9.41 Å². The number of nitrogens with one attached hydrogen (secondary N) is 2. The van der Waals surface area contributed by atoms with E-state index in [1.54, 1.807) is 6.26 Å². The molecule has 1 aliphatic rings. The lowest BCUT2D eigenvalue weighted by Crippen LogP contribution is -2.42. The van der Waals surface area contributed by atoms with Crippen LogP contribution in [-0.4, -0.2) is 43.1 Å². The number of rotatable bonds is 7. The summed E-state index contributed by atoms with van der Waals surface area (Å²) < 4.78 is 5.65. The van der Waals surface area contributed by atoms with Gasteiger partial charge in [0.2, 0.25) is 0 Å². The van der Waals surface area contributed by atoms with E-state index in [1.807, 2.05) is 6.07 Å². The van der Waals surface area contributed by atoms with Crippen LogP contribution in [-0.2, 0) is 0 Å². The number of likely N-dealkylation sites (tertiary alicyclic amines) is 1. The fourth-order valence-corrected chi connectivity index (χ4v) is 2.75. The topological polar surface area (TPSA) is 52.8 Å². The van der Waals surface area contributed by atoms with Gasteiger partial charge in [0.1, 0.15) is 5.76 Å². The minimum absolute atomic E-state index is 0.241. The first-order chi connectivity index (χ1) is 10.7. The molecule has 1 aromatic heterocycles. The van der Waals surface area contributed by atoms with Gasteiger partial charge < -0.3 is 15.1 Å². The molecule has 0 bridgehead atoms. The molecule has 0 radical (unpaired) electrons.